The summed E-state index contributed by atoms with van der Waals surface area (Å²) in [5, 5.41) is 10.0. The maximum atomic E-state index is 10.0. The third-order valence-corrected chi connectivity index (χ3v) is 2.94. The summed E-state index contributed by atoms with van der Waals surface area (Å²) in [5.41, 5.74) is 5.54. The molecule has 3 nitrogen and oxygen atoms in total. The highest BCUT2D eigenvalue weighted by molar-refractivity contribution is 4.90. The summed E-state index contributed by atoms with van der Waals surface area (Å²) in [4.78, 5) is 0. The smallest absolute Gasteiger partial charge is 0.0633 e. The normalized spacial score (nSPS) is 31.2. The minimum Gasteiger partial charge on any atom is -0.392 e. The van der Waals surface area contributed by atoms with Crippen molar-refractivity contribution in [2.24, 2.45) is 17.1 Å². The van der Waals surface area contributed by atoms with Crippen molar-refractivity contribution in [3.8, 4) is 0 Å². The van der Waals surface area contributed by atoms with Crippen LogP contribution < -0.4 is 5.73 Å². The number of aliphatic hydroxyl groups excluding tert-OH is 1. The topological polar surface area (TPSA) is 55.5 Å². The van der Waals surface area contributed by atoms with Crippen LogP contribution in [0.5, 0.6) is 0 Å². The molecule has 2 atom stereocenters. The predicted molar refractivity (Wildman–Crippen MR) is 52.4 cm³/mol. The van der Waals surface area contributed by atoms with E-state index in [0.29, 0.717) is 19.1 Å². The van der Waals surface area contributed by atoms with Crippen molar-refractivity contribution in [3.63, 3.8) is 0 Å². The molecule has 3 N–H and O–H groups in total. The Hall–Kier alpha value is -0.120. The molecular formula is C10H21NO2. The van der Waals surface area contributed by atoms with Gasteiger partial charge in [0.2, 0.25) is 0 Å². The number of ether oxygens (including phenoxy) is 1. The minimum absolute atomic E-state index is 0.162. The predicted octanol–water partition coefficient (Wildman–Crippen LogP) is 0.759. The first kappa shape index (κ1) is 11.0. The summed E-state index contributed by atoms with van der Waals surface area (Å²) < 4.78 is 5.31. The van der Waals surface area contributed by atoms with Crippen LogP contribution in [0.3, 0.4) is 0 Å². The minimum atomic E-state index is -0.306. The zero-order chi connectivity index (χ0) is 9.90. The lowest BCUT2D eigenvalue weighted by atomic mass is 9.78. The van der Waals surface area contributed by atoms with Gasteiger partial charge in [-0.1, -0.05) is 13.8 Å². The molecule has 1 saturated heterocycles. The van der Waals surface area contributed by atoms with Gasteiger partial charge in [0.15, 0.2) is 0 Å². The van der Waals surface area contributed by atoms with Crippen molar-refractivity contribution >= 4 is 0 Å². The lowest BCUT2D eigenvalue weighted by Gasteiger charge is -2.32. The maximum Gasteiger partial charge on any atom is 0.0633 e. The summed E-state index contributed by atoms with van der Waals surface area (Å²) in [5.74, 6) is 0.513. The largest absolute Gasteiger partial charge is 0.392 e. The number of hydrogen-bond donors (Lipinski definition) is 2. The van der Waals surface area contributed by atoms with E-state index in [0.717, 1.165) is 19.4 Å². The van der Waals surface area contributed by atoms with Gasteiger partial charge in [0.25, 0.3) is 0 Å². The molecule has 0 amide bonds. The first-order chi connectivity index (χ1) is 6.10. The second kappa shape index (κ2) is 4.40. The molecule has 0 aromatic rings. The summed E-state index contributed by atoms with van der Waals surface area (Å²) in [6.45, 7) is 6.12. The van der Waals surface area contributed by atoms with Crippen LogP contribution in [0.4, 0.5) is 0 Å². The lowest BCUT2D eigenvalue weighted by Crippen LogP contribution is -2.43. The molecule has 3 heteroatoms. The van der Waals surface area contributed by atoms with E-state index < -0.39 is 0 Å². The van der Waals surface area contributed by atoms with E-state index in [4.69, 9.17) is 10.5 Å². The third-order valence-electron chi connectivity index (χ3n) is 2.94. The zero-order valence-corrected chi connectivity index (χ0v) is 8.62. The Bertz CT molecular complexity index is 153. The van der Waals surface area contributed by atoms with Crippen molar-refractivity contribution < 1.29 is 9.84 Å². The molecule has 0 saturated carbocycles. The Morgan fingerprint density at radius 3 is 2.62 bits per heavy atom. The average molecular weight is 187 g/mol. The second-order valence-electron chi connectivity index (χ2n) is 4.51. The molecule has 0 spiro atoms. The fourth-order valence-corrected chi connectivity index (χ4v) is 1.88. The summed E-state index contributed by atoms with van der Waals surface area (Å²) in [6.07, 6.45) is 1.41. The Labute approximate surface area is 80.3 Å². The van der Waals surface area contributed by atoms with E-state index in [1.165, 1.54) is 0 Å². The number of rotatable bonds is 4. The van der Waals surface area contributed by atoms with Crippen LogP contribution in [0, 0.1) is 11.3 Å². The van der Waals surface area contributed by atoms with Gasteiger partial charge in [0, 0.05) is 18.6 Å². The van der Waals surface area contributed by atoms with Crippen molar-refractivity contribution in [2.75, 3.05) is 19.8 Å². The van der Waals surface area contributed by atoms with Gasteiger partial charge < -0.3 is 15.6 Å². The van der Waals surface area contributed by atoms with Gasteiger partial charge >= 0.3 is 0 Å². The molecule has 0 radical (unpaired) electrons. The zero-order valence-electron chi connectivity index (χ0n) is 8.62. The highest BCUT2D eigenvalue weighted by Gasteiger charge is 2.40. The summed E-state index contributed by atoms with van der Waals surface area (Å²) in [7, 11) is 0. The third kappa shape index (κ3) is 2.42. The standard InChI is InChI=1S/C10H21NO2/c1-8(2)5-9(12)10(6-11)3-4-13-7-10/h8-9,12H,3-7,11H2,1-2H3. The molecule has 13 heavy (non-hydrogen) atoms. The molecule has 0 bridgehead atoms. The van der Waals surface area contributed by atoms with Crippen LogP contribution in [0.15, 0.2) is 0 Å². The van der Waals surface area contributed by atoms with E-state index in [1.807, 2.05) is 0 Å². The summed E-state index contributed by atoms with van der Waals surface area (Å²) >= 11 is 0. The SMILES string of the molecule is CC(C)CC(O)C1(CN)CCOC1. The van der Waals surface area contributed by atoms with Crippen LogP contribution in [0.25, 0.3) is 0 Å². The Morgan fingerprint density at radius 1 is 1.54 bits per heavy atom. The molecule has 2 unspecified atom stereocenters. The van der Waals surface area contributed by atoms with Crippen LogP contribution in [-0.2, 0) is 4.74 Å². The maximum absolute atomic E-state index is 10.0. The molecule has 1 rings (SSSR count). The van der Waals surface area contributed by atoms with Gasteiger partial charge in [-0.25, -0.2) is 0 Å². The molecule has 78 valence electrons. The lowest BCUT2D eigenvalue weighted by molar-refractivity contribution is 0.00725. The van der Waals surface area contributed by atoms with Gasteiger partial charge in [-0.2, -0.15) is 0 Å². The van der Waals surface area contributed by atoms with Crippen LogP contribution in [-0.4, -0.2) is 31.0 Å². The number of aliphatic hydroxyl groups is 1. The Kier molecular flexibility index (Phi) is 3.71. The Balaban J connectivity index is 2.54. The van der Waals surface area contributed by atoms with E-state index in [1.54, 1.807) is 0 Å². The molecule has 1 aliphatic heterocycles. The highest BCUT2D eigenvalue weighted by Crippen LogP contribution is 2.34. The second-order valence-corrected chi connectivity index (χ2v) is 4.51. The van der Waals surface area contributed by atoms with Gasteiger partial charge in [-0.3, -0.25) is 0 Å². The number of hydrogen-bond acceptors (Lipinski definition) is 3. The van der Waals surface area contributed by atoms with Crippen molar-refractivity contribution in [1.29, 1.82) is 0 Å². The quantitative estimate of drug-likeness (QED) is 0.683. The van der Waals surface area contributed by atoms with Crippen LogP contribution in [0.1, 0.15) is 26.7 Å². The van der Waals surface area contributed by atoms with E-state index in [-0.39, 0.29) is 11.5 Å². The fourth-order valence-electron chi connectivity index (χ4n) is 1.88. The van der Waals surface area contributed by atoms with Gasteiger partial charge in [0.1, 0.15) is 0 Å². The van der Waals surface area contributed by atoms with Crippen molar-refractivity contribution in [1.82, 2.24) is 0 Å². The highest BCUT2D eigenvalue weighted by atomic mass is 16.5. The van der Waals surface area contributed by atoms with Crippen molar-refractivity contribution in [2.45, 2.75) is 32.8 Å². The molecular weight excluding hydrogens is 166 g/mol. The van der Waals surface area contributed by atoms with Crippen LogP contribution >= 0.6 is 0 Å². The molecule has 1 aliphatic rings. The summed E-state index contributed by atoms with van der Waals surface area (Å²) in [6, 6.07) is 0. The van der Waals surface area contributed by atoms with E-state index in [9.17, 15) is 5.11 Å². The van der Waals surface area contributed by atoms with Crippen molar-refractivity contribution in [3.05, 3.63) is 0 Å². The molecule has 1 heterocycles. The fraction of sp³-hybridized carbons (Fsp3) is 1.00. The molecule has 0 aliphatic carbocycles. The molecule has 0 aromatic heterocycles. The first-order valence-electron chi connectivity index (χ1n) is 5.06. The van der Waals surface area contributed by atoms with Gasteiger partial charge in [-0.15, -0.1) is 0 Å². The van der Waals surface area contributed by atoms with E-state index in [2.05, 4.69) is 13.8 Å². The monoisotopic (exact) mass is 187 g/mol. The first-order valence-corrected chi connectivity index (χ1v) is 5.06. The molecule has 1 fully saturated rings. The van der Waals surface area contributed by atoms with Gasteiger partial charge in [0.05, 0.1) is 12.7 Å². The average Bonchev–Trinajstić information content (AvgIpc) is 2.51. The van der Waals surface area contributed by atoms with E-state index >= 15 is 0 Å². The number of nitrogens with two attached hydrogens (primary N) is 1. The Morgan fingerprint density at radius 2 is 2.23 bits per heavy atom. The van der Waals surface area contributed by atoms with Gasteiger partial charge in [-0.05, 0) is 18.8 Å². The molecule has 0 aromatic carbocycles. The van der Waals surface area contributed by atoms with Crippen LogP contribution in [0.2, 0.25) is 0 Å².